The van der Waals surface area contributed by atoms with Gasteiger partial charge in [-0.3, -0.25) is 19.1 Å². The Labute approximate surface area is 208 Å². The Morgan fingerprint density at radius 3 is 2.56 bits per heavy atom. The van der Waals surface area contributed by atoms with Crippen molar-refractivity contribution < 1.29 is 18.8 Å². The minimum Gasteiger partial charge on any atom is -0.351 e. The molecule has 4 rings (SSSR count). The molecule has 1 heterocycles. The second kappa shape index (κ2) is 9.90. The molecule has 0 bridgehead atoms. The predicted molar refractivity (Wildman–Crippen MR) is 131 cm³/mol. The maximum absolute atomic E-state index is 14.9. The van der Waals surface area contributed by atoms with Crippen molar-refractivity contribution in [3.05, 3.63) is 65.1 Å². The largest absolute Gasteiger partial charge is 0.351 e. The van der Waals surface area contributed by atoms with Gasteiger partial charge in [-0.15, -0.1) is 0 Å². The number of hydrogen-bond acceptors (Lipinski definition) is 5. The first-order valence-corrected chi connectivity index (χ1v) is 11.8. The summed E-state index contributed by atoms with van der Waals surface area (Å²) < 4.78 is 16.3. The number of fused-ring (bicyclic) bond motifs is 1. The molecule has 2 amide bonds. The zero-order chi connectivity index (χ0) is 26.0. The second-order valence-electron chi connectivity index (χ2n) is 10.2. The summed E-state index contributed by atoms with van der Waals surface area (Å²) in [7, 11) is 0. The summed E-state index contributed by atoms with van der Waals surface area (Å²) in [5.74, 6) is -1.38. The van der Waals surface area contributed by atoms with Crippen LogP contribution in [0.2, 0.25) is 0 Å². The Morgan fingerprint density at radius 1 is 1.22 bits per heavy atom. The molecule has 3 aromatic rings. The van der Waals surface area contributed by atoms with Crippen LogP contribution in [-0.4, -0.2) is 39.5 Å². The summed E-state index contributed by atoms with van der Waals surface area (Å²) in [5.41, 5.74) is 0.842. The summed E-state index contributed by atoms with van der Waals surface area (Å²) in [6, 6.07) is 12.2. The van der Waals surface area contributed by atoms with E-state index in [9.17, 15) is 18.8 Å². The zero-order valence-electron chi connectivity index (χ0n) is 20.5. The Bertz CT molecular complexity index is 1370. The van der Waals surface area contributed by atoms with E-state index in [0.717, 1.165) is 5.56 Å². The van der Waals surface area contributed by atoms with Crippen molar-refractivity contribution in [2.24, 2.45) is 5.41 Å². The first-order chi connectivity index (χ1) is 17.1. The molecular weight excluding hydrogens is 461 g/mol. The van der Waals surface area contributed by atoms with E-state index in [1.54, 1.807) is 30.3 Å². The fourth-order valence-corrected chi connectivity index (χ4v) is 4.43. The Morgan fingerprint density at radius 2 is 1.94 bits per heavy atom. The molecule has 36 heavy (non-hydrogen) atoms. The minimum absolute atomic E-state index is 0.0104. The number of halogens is 1. The predicted octanol–water partition coefficient (Wildman–Crippen LogP) is 3.48. The fourth-order valence-electron chi connectivity index (χ4n) is 4.43. The Hall–Kier alpha value is -4.06. The molecule has 0 aliphatic heterocycles. The zero-order valence-corrected chi connectivity index (χ0v) is 20.5. The lowest BCUT2D eigenvalue weighted by atomic mass is 9.85. The lowest BCUT2D eigenvalue weighted by Gasteiger charge is -2.31. The van der Waals surface area contributed by atoms with Gasteiger partial charge >= 0.3 is 0 Å². The molecule has 2 N–H and O–H groups in total. The van der Waals surface area contributed by atoms with Crippen LogP contribution in [0.15, 0.2) is 42.5 Å². The van der Waals surface area contributed by atoms with Crippen LogP contribution in [0.1, 0.15) is 61.6 Å². The molecule has 1 aliphatic rings. The van der Waals surface area contributed by atoms with Crippen LogP contribution in [0, 0.1) is 22.6 Å². The lowest BCUT2D eigenvalue weighted by molar-refractivity contribution is -0.126. The van der Waals surface area contributed by atoms with E-state index in [4.69, 9.17) is 5.26 Å². The van der Waals surface area contributed by atoms with Crippen molar-refractivity contribution in [3.8, 4) is 6.07 Å². The second-order valence-corrected chi connectivity index (χ2v) is 10.2. The van der Waals surface area contributed by atoms with Gasteiger partial charge in [-0.2, -0.15) is 10.4 Å². The monoisotopic (exact) mass is 489 g/mol. The van der Waals surface area contributed by atoms with Gasteiger partial charge in [0.25, 0.3) is 5.91 Å². The van der Waals surface area contributed by atoms with Gasteiger partial charge in [0.05, 0.1) is 18.2 Å². The number of para-hydroxylation sites is 1. The normalized spacial score (nSPS) is 16.5. The highest BCUT2D eigenvalue weighted by molar-refractivity contribution is 6.06. The molecular formula is C27H28FN5O3. The third kappa shape index (κ3) is 5.28. The van der Waals surface area contributed by atoms with E-state index in [0.29, 0.717) is 30.2 Å². The summed E-state index contributed by atoms with van der Waals surface area (Å²) in [6.45, 7) is 5.69. The van der Waals surface area contributed by atoms with Crippen LogP contribution in [0.3, 0.4) is 0 Å². The molecule has 2 atom stereocenters. The first kappa shape index (κ1) is 25.0. The maximum Gasteiger partial charge on any atom is 0.273 e. The molecule has 1 aromatic heterocycles. The number of aromatic nitrogens is 2. The van der Waals surface area contributed by atoms with Gasteiger partial charge in [-0.05, 0) is 35.6 Å². The number of benzene rings is 2. The van der Waals surface area contributed by atoms with Crippen LogP contribution >= 0.6 is 0 Å². The van der Waals surface area contributed by atoms with Crippen LogP contribution in [0.25, 0.3) is 10.9 Å². The van der Waals surface area contributed by atoms with Gasteiger partial charge < -0.3 is 10.6 Å². The van der Waals surface area contributed by atoms with Gasteiger partial charge in [0, 0.05) is 24.3 Å². The van der Waals surface area contributed by atoms with Crippen molar-refractivity contribution in [1.29, 1.82) is 5.26 Å². The number of hydrogen-bond donors (Lipinski definition) is 2. The quantitative estimate of drug-likeness (QED) is 0.550. The molecule has 0 unspecified atom stereocenters. The summed E-state index contributed by atoms with van der Waals surface area (Å²) in [4.78, 5) is 38.1. The number of carbonyl (C=O) groups excluding carboxylic acids is 3. The Balaban J connectivity index is 1.62. The number of nitriles is 1. The topological polar surface area (TPSA) is 117 Å². The van der Waals surface area contributed by atoms with E-state index in [2.05, 4.69) is 21.8 Å². The highest BCUT2D eigenvalue weighted by atomic mass is 19.1. The number of Topliss-reactive ketones (excluding diaryl/α,β-unsaturated/α-hetero) is 1. The SMILES string of the molecule is CC(C)(C)[C@H](NC(=O)c1nn(Cc2ccc(C#N)cc2)c2c(F)cccc12)C(=O)N[C@H]1CCC(=O)C1. The molecule has 186 valence electrons. The van der Waals surface area contributed by atoms with E-state index in [1.165, 1.54) is 16.8 Å². The van der Waals surface area contributed by atoms with Crippen molar-refractivity contribution >= 4 is 28.5 Å². The number of carbonyl (C=O) groups is 3. The molecule has 8 nitrogen and oxygen atoms in total. The van der Waals surface area contributed by atoms with Gasteiger partial charge in [0.2, 0.25) is 5.91 Å². The molecule has 1 saturated carbocycles. The number of nitrogens with one attached hydrogen (secondary N) is 2. The van der Waals surface area contributed by atoms with Gasteiger partial charge in [-0.1, -0.05) is 45.0 Å². The van der Waals surface area contributed by atoms with Crippen LogP contribution < -0.4 is 10.6 Å². The van der Waals surface area contributed by atoms with Crippen LogP contribution in [0.5, 0.6) is 0 Å². The number of nitrogens with zero attached hydrogens (tertiary/aromatic N) is 3. The highest BCUT2D eigenvalue weighted by Gasteiger charge is 2.36. The van der Waals surface area contributed by atoms with E-state index in [-0.39, 0.29) is 35.5 Å². The smallest absolute Gasteiger partial charge is 0.273 e. The third-order valence-electron chi connectivity index (χ3n) is 6.35. The van der Waals surface area contributed by atoms with Crippen molar-refractivity contribution in [1.82, 2.24) is 20.4 Å². The van der Waals surface area contributed by atoms with Crippen LogP contribution in [-0.2, 0) is 16.1 Å². The van der Waals surface area contributed by atoms with E-state index >= 15 is 0 Å². The first-order valence-electron chi connectivity index (χ1n) is 11.8. The van der Waals surface area contributed by atoms with Gasteiger partial charge in [0.1, 0.15) is 23.2 Å². The van der Waals surface area contributed by atoms with Crippen molar-refractivity contribution in [2.45, 2.75) is 58.7 Å². The standard InChI is InChI=1S/C27H28FN5O3/c1-27(2,3)24(26(36)30-18-11-12-19(34)13-18)31-25(35)22-20-5-4-6-21(28)23(20)33(32-22)15-17-9-7-16(14-29)8-10-17/h4-10,18,24H,11-13,15H2,1-3H3,(H,30,36)(H,31,35)/t18-,24+/m0/s1. The number of ketones is 1. The minimum atomic E-state index is -0.895. The average Bonchev–Trinajstić information content (AvgIpc) is 3.40. The summed E-state index contributed by atoms with van der Waals surface area (Å²) in [5, 5.41) is 19.4. The summed E-state index contributed by atoms with van der Waals surface area (Å²) in [6.07, 6.45) is 1.31. The third-order valence-corrected chi connectivity index (χ3v) is 6.35. The fraction of sp³-hybridized carbons (Fsp3) is 0.370. The van der Waals surface area contributed by atoms with Gasteiger partial charge in [0.15, 0.2) is 5.69 Å². The van der Waals surface area contributed by atoms with E-state index < -0.39 is 23.2 Å². The maximum atomic E-state index is 14.9. The Kier molecular flexibility index (Phi) is 6.88. The van der Waals surface area contributed by atoms with Gasteiger partial charge in [-0.25, -0.2) is 4.39 Å². The molecule has 1 aliphatic carbocycles. The molecule has 0 saturated heterocycles. The number of rotatable bonds is 6. The molecule has 1 fully saturated rings. The molecule has 0 radical (unpaired) electrons. The summed E-state index contributed by atoms with van der Waals surface area (Å²) >= 11 is 0. The van der Waals surface area contributed by atoms with Crippen molar-refractivity contribution in [2.75, 3.05) is 0 Å². The van der Waals surface area contributed by atoms with Crippen LogP contribution in [0.4, 0.5) is 4.39 Å². The highest BCUT2D eigenvalue weighted by Crippen LogP contribution is 2.25. The van der Waals surface area contributed by atoms with Crippen molar-refractivity contribution in [3.63, 3.8) is 0 Å². The number of amides is 2. The molecule has 2 aromatic carbocycles. The van der Waals surface area contributed by atoms with E-state index in [1.807, 2.05) is 20.8 Å². The average molecular weight is 490 g/mol. The lowest BCUT2D eigenvalue weighted by Crippen LogP contribution is -2.55. The molecule has 0 spiro atoms. The molecule has 9 heteroatoms.